The van der Waals surface area contributed by atoms with Crippen LogP contribution in [0.15, 0.2) is 27.6 Å². The van der Waals surface area contributed by atoms with E-state index in [0.29, 0.717) is 6.42 Å². The molecule has 0 amide bonds. The molecule has 1 atom stereocenters. The van der Waals surface area contributed by atoms with Gasteiger partial charge in [-0.15, -0.1) is 0 Å². The van der Waals surface area contributed by atoms with Crippen molar-refractivity contribution in [3.63, 3.8) is 0 Å². The van der Waals surface area contributed by atoms with E-state index >= 15 is 0 Å². The summed E-state index contributed by atoms with van der Waals surface area (Å²) in [5.41, 5.74) is 0.199. The second-order valence-corrected chi connectivity index (χ2v) is 7.46. The minimum atomic E-state index is -3.96. The number of rotatable bonds is 4. The number of halogens is 1. The Hall–Kier alpha value is -1.45. The van der Waals surface area contributed by atoms with Crippen LogP contribution in [0.3, 0.4) is 0 Å². The van der Waals surface area contributed by atoms with Gasteiger partial charge in [0.2, 0.25) is 10.0 Å². The zero-order valence-electron chi connectivity index (χ0n) is 11.7. The maximum Gasteiger partial charge on any atom is 0.337 e. The Bertz CT molecular complexity index is 717. The second-order valence-electron chi connectivity index (χ2n) is 4.75. The molecule has 22 heavy (non-hydrogen) atoms. The summed E-state index contributed by atoms with van der Waals surface area (Å²) in [6.45, 7) is 0.157. The monoisotopic (exact) mass is 391 g/mol. The zero-order valence-corrected chi connectivity index (χ0v) is 14.1. The highest BCUT2D eigenvalue weighted by molar-refractivity contribution is 9.10. The first-order valence-electron chi connectivity index (χ1n) is 6.41. The standard InChI is InChI=1S/C13H14BrNO6S/c1-21-13(18)8-4-5-11(9(14)7-8)22(19,20)15-6-2-3-10(15)12(16)17/h4-5,7,10H,2-3,6H2,1H3,(H,16,17)/t10-/m1/s1. The maximum absolute atomic E-state index is 12.6. The first-order chi connectivity index (χ1) is 10.3. The van der Waals surface area contributed by atoms with Crippen molar-refractivity contribution in [1.82, 2.24) is 4.31 Å². The van der Waals surface area contributed by atoms with Gasteiger partial charge in [-0.25, -0.2) is 13.2 Å². The van der Waals surface area contributed by atoms with Gasteiger partial charge >= 0.3 is 11.9 Å². The summed E-state index contributed by atoms with van der Waals surface area (Å²) in [5.74, 6) is -1.75. The quantitative estimate of drug-likeness (QED) is 0.779. The Morgan fingerprint density at radius 1 is 1.41 bits per heavy atom. The van der Waals surface area contributed by atoms with Gasteiger partial charge in [0.25, 0.3) is 0 Å². The van der Waals surface area contributed by atoms with Gasteiger partial charge in [0.15, 0.2) is 0 Å². The number of carboxylic acid groups (broad SMARTS) is 1. The molecule has 0 unspecified atom stereocenters. The number of esters is 1. The van der Waals surface area contributed by atoms with Gasteiger partial charge in [-0.1, -0.05) is 0 Å². The van der Waals surface area contributed by atoms with Crippen molar-refractivity contribution in [2.24, 2.45) is 0 Å². The summed E-state index contributed by atoms with van der Waals surface area (Å²) in [7, 11) is -2.73. The number of benzene rings is 1. The molecule has 1 aromatic rings. The second kappa shape index (κ2) is 6.35. The highest BCUT2D eigenvalue weighted by Gasteiger charge is 2.40. The van der Waals surface area contributed by atoms with Crippen LogP contribution in [0.5, 0.6) is 0 Å². The number of methoxy groups -OCH3 is 1. The van der Waals surface area contributed by atoms with E-state index in [1.165, 1.54) is 25.3 Å². The zero-order chi connectivity index (χ0) is 16.5. The number of nitrogens with zero attached hydrogens (tertiary/aromatic N) is 1. The lowest BCUT2D eigenvalue weighted by atomic mass is 10.2. The highest BCUT2D eigenvalue weighted by atomic mass is 79.9. The fourth-order valence-electron chi connectivity index (χ4n) is 2.36. The predicted octanol–water partition coefficient (Wildman–Crippen LogP) is 1.47. The van der Waals surface area contributed by atoms with Crippen LogP contribution in [0.25, 0.3) is 0 Å². The number of carbonyl (C=O) groups is 2. The summed E-state index contributed by atoms with van der Waals surface area (Å²) in [5, 5.41) is 9.13. The summed E-state index contributed by atoms with van der Waals surface area (Å²) >= 11 is 3.12. The number of carbonyl (C=O) groups excluding carboxylic acids is 1. The van der Waals surface area contributed by atoms with Gasteiger partial charge in [0.05, 0.1) is 17.6 Å². The summed E-state index contributed by atoms with van der Waals surface area (Å²) in [6.07, 6.45) is 0.778. The Kier molecular flexibility index (Phi) is 4.88. The lowest BCUT2D eigenvalue weighted by molar-refractivity contribution is -0.140. The van der Waals surface area contributed by atoms with Crippen LogP contribution in [0.4, 0.5) is 0 Å². The van der Waals surface area contributed by atoms with Crippen LogP contribution in [-0.4, -0.2) is 49.5 Å². The molecule has 2 rings (SSSR count). The van der Waals surface area contributed by atoms with Gasteiger partial charge in [-0.3, -0.25) is 4.79 Å². The SMILES string of the molecule is COC(=O)c1ccc(S(=O)(=O)N2CCC[C@@H]2C(=O)O)c(Br)c1. The third-order valence-electron chi connectivity index (χ3n) is 3.43. The van der Waals surface area contributed by atoms with E-state index in [4.69, 9.17) is 5.11 Å². The molecule has 1 saturated heterocycles. The van der Waals surface area contributed by atoms with E-state index in [-0.39, 0.29) is 27.9 Å². The van der Waals surface area contributed by atoms with Crippen molar-refractivity contribution in [1.29, 1.82) is 0 Å². The van der Waals surface area contributed by atoms with Crippen molar-refractivity contribution in [3.8, 4) is 0 Å². The molecule has 1 aliphatic rings. The minimum absolute atomic E-state index is 0.0756. The van der Waals surface area contributed by atoms with E-state index in [0.717, 1.165) is 4.31 Å². The molecule has 1 heterocycles. The normalized spacial score (nSPS) is 19.1. The highest BCUT2D eigenvalue weighted by Crippen LogP contribution is 2.31. The molecular formula is C13H14BrNO6S. The average molecular weight is 392 g/mol. The molecule has 0 aliphatic carbocycles. The summed E-state index contributed by atoms with van der Waals surface area (Å²) in [4.78, 5) is 22.5. The van der Waals surface area contributed by atoms with E-state index in [2.05, 4.69) is 20.7 Å². The summed E-state index contributed by atoms with van der Waals surface area (Å²) < 4.78 is 31.0. The number of hydrogen-bond acceptors (Lipinski definition) is 5. The Labute approximate surface area is 136 Å². The molecule has 0 bridgehead atoms. The largest absolute Gasteiger partial charge is 0.480 e. The van der Waals surface area contributed by atoms with Crippen molar-refractivity contribution in [2.75, 3.05) is 13.7 Å². The third kappa shape index (κ3) is 3.01. The molecule has 0 saturated carbocycles. The molecule has 9 heteroatoms. The fraction of sp³-hybridized carbons (Fsp3) is 0.385. The number of ether oxygens (including phenoxy) is 1. The van der Waals surface area contributed by atoms with Crippen LogP contribution < -0.4 is 0 Å². The first kappa shape index (κ1) is 16.9. The van der Waals surface area contributed by atoms with Crippen molar-refractivity contribution in [3.05, 3.63) is 28.2 Å². The van der Waals surface area contributed by atoms with E-state index < -0.39 is 28.0 Å². The number of aliphatic carboxylic acids is 1. The van der Waals surface area contributed by atoms with E-state index in [9.17, 15) is 18.0 Å². The number of sulfonamides is 1. The molecule has 1 fully saturated rings. The molecule has 0 radical (unpaired) electrons. The fourth-order valence-corrected chi connectivity index (χ4v) is 5.05. The Morgan fingerprint density at radius 3 is 2.64 bits per heavy atom. The van der Waals surface area contributed by atoms with E-state index in [1.807, 2.05) is 0 Å². The molecule has 0 aromatic heterocycles. The number of hydrogen-bond donors (Lipinski definition) is 1. The molecular weight excluding hydrogens is 378 g/mol. The van der Waals surface area contributed by atoms with Crippen molar-refractivity contribution in [2.45, 2.75) is 23.8 Å². The van der Waals surface area contributed by atoms with E-state index in [1.54, 1.807) is 0 Å². The first-order valence-corrected chi connectivity index (χ1v) is 8.65. The van der Waals surface area contributed by atoms with Crippen molar-refractivity contribution >= 4 is 37.9 Å². The van der Waals surface area contributed by atoms with Gasteiger partial charge in [0, 0.05) is 11.0 Å². The molecule has 120 valence electrons. The van der Waals surface area contributed by atoms with Crippen LogP contribution >= 0.6 is 15.9 Å². The third-order valence-corrected chi connectivity index (χ3v) is 6.31. The summed E-state index contributed by atoms with van der Waals surface area (Å²) in [6, 6.07) is 2.88. The molecule has 7 nitrogen and oxygen atoms in total. The molecule has 1 aliphatic heterocycles. The van der Waals surface area contributed by atoms with Crippen LogP contribution in [0, 0.1) is 0 Å². The van der Waals surface area contributed by atoms with Gasteiger partial charge < -0.3 is 9.84 Å². The van der Waals surface area contributed by atoms with Gasteiger partial charge in [-0.2, -0.15) is 4.31 Å². The van der Waals surface area contributed by atoms with Gasteiger partial charge in [0.1, 0.15) is 6.04 Å². The lowest BCUT2D eigenvalue weighted by Crippen LogP contribution is -2.40. The maximum atomic E-state index is 12.6. The Balaban J connectivity index is 2.42. The molecule has 1 aromatic carbocycles. The molecule has 0 spiro atoms. The van der Waals surface area contributed by atoms with Crippen LogP contribution in [-0.2, 0) is 19.6 Å². The Morgan fingerprint density at radius 2 is 2.09 bits per heavy atom. The van der Waals surface area contributed by atoms with Gasteiger partial charge in [-0.05, 0) is 47.0 Å². The van der Waals surface area contributed by atoms with Crippen molar-refractivity contribution < 1.29 is 27.9 Å². The number of carboxylic acids is 1. The smallest absolute Gasteiger partial charge is 0.337 e. The average Bonchev–Trinajstić information content (AvgIpc) is 2.96. The van der Waals surface area contributed by atoms with Crippen LogP contribution in [0.1, 0.15) is 23.2 Å². The topological polar surface area (TPSA) is 101 Å². The minimum Gasteiger partial charge on any atom is -0.480 e. The predicted molar refractivity (Wildman–Crippen MR) is 80.0 cm³/mol. The lowest BCUT2D eigenvalue weighted by Gasteiger charge is -2.21. The van der Waals surface area contributed by atoms with Crippen LogP contribution in [0.2, 0.25) is 0 Å². The molecule has 1 N–H and O–H groups in total.